The summed E-state index contributed by atoms with van der Waals surface area (Å²) in [6, 6.07) is 27.8. The van der Waals surface area contributed by atoms with Crippen LogP contribution in [0.5, 0.6) is 0 Å². The molecular formula is C24H25NO3. The molecule has 0 aliphatic carbocycles. The molecule has 3 aromatic rings. The van der Waals surface area contributed by atoms with Crippen molar-refractivity contribution in [1.82, 2.24) is 0 Å². The summed E-state index contributed by atoms with van der Waals surface area (Å²) in [7, 11) is 0. The van der Waals surface area contributed by atoms with Crippen LogP contribution in [0.1, 0.15) is 24.1 Å². The number of aliphatic hydroxyl groups is 1. The molecule has 2 N–H and O–H groups in total. The van der Waals surface area contributed by atoms with Gasteiger partial charge in [0.25, 0.3) is 0 Å². The van der Waals surface area contributed by atoms with Crippen LogP contribution in [0, 0.1) is 0 Å². The molecule has 0 aromatic heterocycles. The Kier molecular flexibility index (Phi) is 6.45. The molecule has 4 heteroatoms. The molecule has 28 heavy (non-hydrogen) atoms. The van der Waals surface area contributed by atoms with Gasteiger partial charge in [0.2, 0.25) is 0 Å². The fourth-order valence-corrected chi connectivity index (χ4v) is 3.28. The van der Waals surface area contributed by atoms with Crippen LogP contribution in [0.15, 0.2) is 91.0 Å². The molecule has 3 rings (SSSR count). The topological polar surface area (TPSA) is 58.6 Å². The van der Waals surface area contributed by atoms with E-state index in [0.29, 0.717) is 0 Å². The second-order valence-electron chi connectivity index (χ2n) is 6.66. The molecule has 0 saturated heterocycles. The van der Waals surface area contributed by atoms with Gasteiger partial charge >= 0.3 is 5.97 Å². The number of para-hydroxylation sites is 1. The summed E-state index contributed by atoms with van der Waals surface area (Å²) >= 11 is 0. The molecular weight excluding hydrogens is 350 g/mol. The highest BCUT2D eigenvalue weighted by Crippen LogP contribution is 2.34. The van der Waals surface area contributed by atoms with Gasteiger partial charge in [-0.05, 0) is 30.2 Å². The first-order valence-electron chi connectivity index (χ1n) is 9.43. The lowest BCUT2D eigenvalue weighted by molar-refractivity contribution is -0.167. The van der Waals surface area contributed by atoms with Gasteiger partial charge in [0.05, 0.1) is 12.6 Å². The fraction of sp³-hybridized carbons (Fsp3) is 0.208. The lowest BCUT2D eigenvalue weighted by Gasteiger charge is -2.35. The number of carbonyl (C=O) groups excluding carboxylic acids is 1. The summed E-state index contributed by atoms with van der Waals surface area (Å²) in [5.41, 5.74) is 0.688. The molecule has 4 nitrogen and oxygen atoms in total. The van der Waals surface area contributed by atoms with Crippen LogP contribution in [0.25, 0.3) is 0 Å². The number of hydrogen-bond donors (Lipinski definition) is 2. The zero-order valence-electron chi connectivity index (χ0n) is 15.9. The Hall–Kier alpha value is -3.11. The minimum absolute atomic E-state index is 0.131. The molecule has 144 valence electrons. The minimum Gasteiger partial charge on any atom is -0.464 e. The van der Waals surface area contributed by atoms with Crippen molar-refractivity contribution in [2.45, 2.75) is 25.0 Å². The normalized spacial score (nSPS) is 13.9. The lowest BCUT2D eigenvalue weighted by atomic mass is 9.83. The monoisotopic (exact) mass is 375 g/mol. The summed E-state index contributed by atoms with van der Waals surface area (Å²) in [4.78, 5) is 13.0. The SMILES string of the molecule is CCOC(=O)[C@](O)(Cc1ccccc1)[C@@H](Nc1ccccc1)c1ccccc1. The van der Waals surface area contributed by atoms with Crippen LogP contribution in [-0.2, 0) is 16.0 Å². The van der Waals surface area contributed by atoms with Gasteiger partial charge in [-0.3, -0.25) is 0 Å². The maximum Gasteiger partial charge on any atom is 0.341 e. The van der Waals surface area contributed by atoms with Crippen LogP contribution in [-0.4, -0.2) is 23.3 Å². The quantitative estimate of drug-likeness (QED) is 0.574. The van der Waals surface area contributed by atoms with Gasteiger partial charge in [-0.25, -0.2) is 4.79 Å². The van der Waals surface area contributed by atoms with Crippen LogP contribution in [0.4, 0.5) is 5.69 Å². The summed E-state index contributed by atoms with van der Waals surface area (Å²) in [6.45, 7) is 1.94. The average molecular weight is 375 g/mol. The third-order valence-electron chi connectivity index (χ3n) is 4.64. The molecule has 2 atom stereocenters. The van der Waals surface area contributed by atoms with E-state index in [4.69, 9.17) is 4.74 Å². The van der Waals surface area contributed by atoms with E-state index in [9.17, 15) is 9.90 Å². The van der Waals surface area contributed by atoms with E-state index < -0.39 is 17.6 Å². The first kappa shape index (κ1) is 19.6. The second-order valence-corrected chi connectivity index (χ2v) is 6.66. The maximum atomic E-state index is 13.0. The van der Waals surface area contributed by atoms with Crippen molar-refractivity contribution in [3.63, 3.8) is 0 Å². The number of carbonyl (C=O) groups is 1. The van der Waals surface area contributed by atoms with Crippen molar-refractivity contribution in [1.29, 1.82) is 0 Å². The number of anilines is 1. The number of benzene rings is 3. The van der Waals surface area contributed by atoms with Crippen LogP contribution in [0.2, 0.25) is 0 Å². The first-order chi connectivity index (χ1) is 13.6. The van der Waals surface area contributed by atoms with E-state index >= 15 is 0 Å². The molecule has 0 aliphatic heterocycles. The molecule has 0 radical (unpaired) electrons. The Labute approximate surface area is 165 Å². The van der Waals surface area contributed by atoms with Crippen molar-refractivity contribution >= 4 is 11.7 Å². The van der Waals surface area contributed by atoms with E-state index in [1.807, 2.05) is 91.0 Å². The lowest BCUT2D eigenvalue weighted by Crippen LogP contribution is -2.50. The zero-order chi connectivity index (χ0) is 19.8. The Morgan fingerprint density at radius 3 is 2.04 bits per heavy atom. The molecule has 0 unspecified atom stereocenters. The van der Waals surface area contributed by atoms with E-state index in [1.54, 1.807) is 6.92 Å². The van der Waals surface area contributed by atoms with Gasteiger partial charge in [-0.15, -0.1) is 0 Å². The molecule has 0 amide bonds. The zero-order valence-corrected chi connectivity index (χ0v) is 15.9. The highest BCUT2D eigenvalue weighted by molar-refractivity contribution is 5.82. The number of nitrogens with one attached hydrogen (secondary N) is 1. The number of hydrogen-bond acceptors (Lipinski definition) is 4. The fourth-order valence-electron chi connectivity index (χ4n) is 3.28. The smallest absolute Gasteiger partial charge is 0.341 e. The number of rotatable bonds is 8. The third-order valence-corrected chi connectivity index (χ3v) is 4.64. The van der Waals surface area contributed by atoms with E-state index in [0.717, 1.165) is 16.8 Å². The van der Waals surface area contributed by atoms with Crippen molar-refractivity contribution in [2.24, 2.45) is 0 Å². The van der Waals surface area contributed by atoms with E-state index in [1.165, 1.54) is 0 Å². The first-order valence-corrected chi connectivity index (χ1v) is 9.43. The van der Waals surface area contributed by atoms with Gasteiger partial charge in [-0.2, -0.15) is 0 Å². The van der Waals surface area contributed by atoms with Crippen molar-refractivity contribution in [3.8, 4) is 0 Å². The molecule has 0 fully saturated rings. The van der Waals surface area contributed by atoms with Gasteiger partial charge in [-0.1, -0.05) is 78.9 Å². The Balaban J connectivity index is 2.05. The molecule has 0 saturated carbocycles. The average Bonchev–Trinajstić information content (AvgIpc) is 2.74. The molecule has 3 aromatic carbocycles. The molecule has 0 aliphatic rings. The molecule has 0 bridgehead atoms. The summed E-state index contributed by atoms with van der Waals surface area (Å²) < 4.78 is 5.29. The second kappa shape index (κ2) is 9.20. The predicted molar refractivity (Wildman–Crippen MR) is 111 cm³/mol. The van der Waals surface area contributed by atoms with Gasteiger partial charge < -0.3 is 15.2 Å². The van der Waals surface area contributed by atoms with E-state index in [2.05, 4.69) is 5.32 Å². The standard InChI is InChI=1S/C24H25NO3/c1-2-28-23(26)24(27,18-19-12-6-3-7-13-19)22(20-14-8-4-9-15-20)25-21-16-10-5-11-17-21/h3-17,22,25,27H,2,18H2,1H3/t22-,24-/m0/s1. The highest BCUT2D eigenvalue weighted by Gasteiger charge is 2.46. The maximum absolute atomic E-state index is 13.0. The van der Waals surface area contributed by atoms with Crippen molar-refractivity contribution in [3.05, 3.63) is 102 Å². The van der Waals surface area contributed by atoms with Crippen molar-refractivity contribution < 1.29 is 14.6 Å². The Morgan fingerprint density at radius 2 is 1.46 bits per heavy atom. The van der Waals surface area contributed by atoms with Crippen LogP contribution < -0.4 is 5.32 Å². The van der Waals surface area contributed by atoms with Gasteiger partial charge in [0.1, 0.15) is 0 Å². The summed E-state index contributed by atoms with van der Waals surface area (Å²) in [5, 5.41) is 15.0. The predicted octanol–water partition coefficient (Wildman–Crippen LogP) is 4.38. The highest BCUT2D eigenvalue weighted by atomic mass is 16.5. The largest absolute Gasteiger partial charge is 0.464 e. The summed E-state index contributed by atoms with van der Waals surface area (Å²) in [5.74, 6) is -0.642. The summed E-state index contributed by atoms with van der Waals surface area (Å²) in [6.07, 6.45) is 0.131. The third kappa shape index (κ3) is 4.59. The molecule has 0 heterocycles. The van der Waals surface area contributed by atoms with Crippen LogP contribution in [0.3, 0.4) is 0 Å². The Bertz CT molecular complexity index is 868. The van der Waals surface area contributed by atoms with Gasteiger partial charge in [0, 0.05) is 12.1 Å². The van der Waals surface area contributed by atoms with Crippen molar-refractivity contribution in [2.75, 3.05) is 11.9 Å². The van der Waals surface area contributed by atoms with Crippen LogP contribution >= 0.6 is 0 Å². The van der Waals surface area contributed by atoms with Gasteiger partial charge in [0.15, 0.2) is 5.60 Å². The number of ether oxygens (including phenoxy) is 1. The van der Waals surface area contributed by atoms with E-state index in [-0.39, 0.29) is 13.0 Å². The molecule has 0 spiro atoms. The minimum atomic E-state index is -1.78. The Morgan fingerprint density at radius 1 is 0.929 bits per heavy atom. The number of esters is 1.